The zero-order chi connectivity index (χ0) is 8.24. The van der Waals surface area contributed by atoms with E-state index in [-0.39, 0.29) is 6.61 Å². The van der Waals surface area contributed by atoms with Gasteiger partial charge in [-0.15, -0.1) is 0 Å². The fourth-order valence-corrected chi connectivity index (χ4v) is 0.184. The van der Waals surface area contributed by atoms with Gasteiger partial charge in [0.05, 0.1) is 6.61 Å². The minimum Gasteiger partial charge on any atom is -0.392 e. The average molecular weight is 142 g/mol. The lowest BCUT2D eigenvalue weighted by atomic mass is 10.6. The van der Waals surface area contributed by atoms with Crippen molar-refractivity contribution in [3.05, 3.63) is 24.3 Å². The Hall–Kier alpha value is -0.890. The van der Waals surface area contributed by atoms with Crippen molar-refractivity contribution in [1.29, 1.82) is 0 Å². The molecule has 1 N–H and O–H groups in total. The van der Waals surface area contributed by atoms with Crippen LogP contribution in [0.5, 0.6) is 0 Å². The summed E-state index contributed by atoms with van der Waals surface area (Å²) in [7, 11) is 0. The van der Waals surface area contributed by atoms with Crippen LogP contribution in [0.2, 0.25) is 0 Å². The summed E-state index contributed by atoms with van der Waals surface area (Å²) in [5.74, 6) is 0. The molecule has 0 aromatic heterocycles. The number of aliphatic hydroxyl groups is 1. The first-order valence-electron chi connectivity index (χ1n) is 3.11. The predicted molar refractivity (Wildman–Crippen MR) is 42.8 cm³/mol. The maximum Gasteiger partial charge on any atom is 0.142 e. The molecular formula is C8H14O2. The fraction of sp³-hybridized carbons (Fsp3) is 0.375. The monoisotopic (exact) mass is 142 g/mol. The summed E-state index contributed by atoms with van der Waals surface area (Å²) in [4.78, 5) is 9.32. The summed E-state index contributed by atoms with van der Waals surface area (Å²) in [6.45, 7) is 3.83. The molecule has 0 aliphatic carbocycles. The molecule has 0 atom stereocenters. The molecular weight excluding hydrogens is 128 g/mol. The molecule has 0 saturated carbocycles. The molecule has 0 aliphatic rings. The van der Waals surface area contributed by atoms with E-state index >= 15 is 0 Å². The van der Waals surface area contributed by atoms with Crippen LogP contribution in [0.3, 0.4) is 0 Å². The van der Waals surface area contributed by atoms with Crippen molar-refractivity contribution in [3.8, 4) is 0 Å². The van der Waals surface area contributed by atoms with Crippen molar-refractivity contribution in [1.82, 2.24) is 0 Å². The highest BCUT2D eigenvalue weighted by molar-refractivity contribution is 5.64. The van der Waals surface area contributed by atoms with E-state index < -0.39 is 0 Å². The smallest absolute Gasteiger partial charge is 0.142 e. The highest BCUT2D eigenvalue weighted by Crippen LogP contribution is 1.60. The van der Waals surface area contributed by atoms with E-state index in [1.54, 1.807) is 25.2 Å². The summed E-state index contributed by atoms with van der Waals surface area (Å²) in [6.07, 6.45) is 7.37. The first kappa shape index (κ1) is 11.9. The first-order valence-corrected chi connectivity index (χ1v) is 3.11. The highest BCUT2D eigenvalue weighted by Gasteiger charge is 1.52. The molecule has 0 radical (unpaired) electrons. The van der Waals surface area contributed by atoms with Crippen LogP contribution in [0.25, 0.3) is 0 Å². The van der Waals surface area contributed by atoms with E-state index in [9.17, 15) is 4.79 Å². The summed E-state index contributed by atoms with van der Waals surface area (Å²) in [6, 6.07) is 0. The van der Waals surface area contributed by atoms with Gasteiger partial charge in [0.1, 0.15) is 6.29 Å². The van der Waals surface area contributed by atoms with Crippen LogP contribution in [0.15, 0.2) is 24.3 Å². The molecule has 0 heterocycles. The molecule has 0 unspecified atom stereocenters. The zero-order valence-electron chi connectivity index (χ0n) is 6.45. The normalized spacial score (nSPS) is 9.50. The maximum atomic E-state index is 9.32. The van der Waals surface area contributed by atoms with E-state index in [2.05, 4.69) is 0 Å². The third kappa shape index (κ3) is 27.4. The molecule has 0 aromatic carbocycles. The van der Waals surface area contributed by atoms with E-state index in [4.69, 9.17) is 5.11 Å². The largest absolute Gasteiger partial charge is 0.392 e. The van der Waals surface area contributed by atoms with Gasteiger partial charge in [0.2, 0.25) is 0 Å². The molecule has 2 heteroatoms. The number of allylic oxidation sites excluding steroid dienone is 3. The number of aliphatic hydroxyl groups excluding tert-OH is 1. The molecule has 0 fully saturated rings. The number of hydrogen-bond donors (Lipinski definition) is 1. The molecule has 2 nitrogen and oxygen atoms in total. The molecule has 10 heavy (non-hydrogen) atoms. The summed E-state index contributed by atoms with van der Waals surface area (Å²) in [5.41, 5.74) is 0. The second-order valence-corrected chi connectivity index (χ2v) is 1.41. The van der Waals surface area contributed by atoms with Gasteiger partial charge in [0.25, 0.3) is 0 Å². The second-order valence-electron chi connectivity index (χ2n) is 1.41. The number of aldehydes is 1. The molecule has 0 spiro atoms. The molecule has 0 aromatic rings. The van der Waals surface area contributed by atoms with Crippen LogP contribution in [-0.4, -0.2) is 18.0 Å². The summed E-state index contributed by atoms with van der Waals surface area (Å²) >= 11 is 0. The number of carbonyl (C=O) groups excluding carboxylic acids is 1. The van der Waals surface area contributed by atoms with Crippen molar-refractivity contribution in [2.75, 3.05) is 6.61 Å². The van der Waals surface area contributed by atoms with Crippen LogP contribution < -0.4 is 0 Å². The Morgan fingerprint density at radius 3 is 1.90 bits per heavy atom. The Morgan fingerprint density at radius 2 is 1.90 bits per heavy atom. The lowest BCUT2D eigenvalue weighted by Gasteiger charge is -1.66. The van der Waals surface area contributed by atoms with Crippen LogP contribution in [-0.2, 0) is 4.79 Å². The van der Waals surface area contributed by atoms with Gasteiger partial charge in [-0.25, -0.2) is 0 Å². The highest BCUT2D eigenvalue weighted by atomic mass is 16.2. The lowest BCUT2D eigenvalue weighted by Crippen LogP contribution is -1.65. The maximum absolute atomic E-state index is 9.32. The van der Waals surface area contributed by atoms with Gasteiger partial charge < -0.3 is 5.11 Å². The lowest BCUT2D eigenvalue weighted by molar-refractivity contribution is -0.104. The molecule has 0 saturated heterocycles. The van der Waals surface area contributed by atoms with Gasteiger partial charge in [0, 0.05) is 0 Å². The number of carbonyl (C=O) groups is 1. The van der Waals surface area contributed by atoms with E-state index in [1.165, 1.54) is 6.08 Å². The molecule has 0 rings (SSSR count). The third-order valence-electron chi connectivity index (χ3n) is 0.612. The first-order chi connectivity index (χ1) is 4.83. The van der Waals surface area contributed by atoms with Crippen molar-refractivity contribution in [2.45, 2.75) is 13.8 Å². The van der Waals surface area contributed by atoms with Crippen molar-refractivity contribution >= 4 is 6.29 Å². The van der Waals surface area contributed by atoms with Gasteiger partial charge in [-0.3, -0.25) is 4.79 Å². The number of hydrogen-bond acceptors (Lipinski definition) is 2. The quantitative estimate of drug-likeness (QED) is 0.358. The van der Waals surface area contributed by atoms with Crippen molar-refractivity contribution in [2.24, 2.45) is 0 Å². The van der Waals surface area contributed by atoms with Crippen LogP contribution >= 0.6 is 0 Å². The van der Waals surface area contributed by atoms with Crippen LogP contribution in [0, 0.1) is 0 Å². The van der Waals surface area contributed by atoms with Gasteiger partial charge >= 0.3 is 0 Å². The fourth-order valence-electron chi connectivity index (χ4n) is 0.184. The molecule has 0 bridgehead atoms. The van der Waals surface area contributed by atoms with Gasteiger partial charge in [-0.1, -0.05) is 18.2 Å². The van der Waals surface area contributed by atoms with Crippen molar-refractivity contribution < 1.29 is 9.90 Å². The average Bonchev–Trinajstić information content (AvgIpc) is 1.93. The van der Waals surface area contributed by atoms with E-state index in [1.807, 2.05) is 6.92 Å². The molecule has 0 amide bonds. The topological polar surface area (TPSA) is 37.3 Å². The van der Waals surface area contributed by atoms with E-state index in [0.717, 1.165) is 6.29 Å². The minimum absolute atomic E-state index is 0.163. The summed E-state index contributed by atoms with van der Waals surface area (Å²) < 4.78 is 0. The van der Waals surface area contributed by atoms with Crippen molar-refractivity contribution in [3.63, 3.8) is 0 Å². The Balaban J connectivity index is 0. The third-order valence-corrected chi connectivity index (χ3v) is 0.612. The Morgan fingerprint density at radius 1 is 1.30 bits per heavy atom. The second kappa shape index (κ2) is 15.7. The van der Waals surface area contributed by atoms with Crippen LogP contribution in [0.4, 0.5) is 0 Å². The molecule has 0 aliphatic heterocycles. The van der Waals surface area contributed by atoms with Gasteiger partial charge in [0.15, 0.2) is 0 Å². The zero-order valence-corrected chi connectivity index (χ0v) is 6.45. The van der Waals surface area contributed by atoms with E-state index in [0.29, 0.717) is 0 Å². The van der Waals surface area contributed by atoms with Gasteiger partial charge in [-0.2, -0.15) is 0 Å². The Bertz CT molecular complexity index is 104. The minimum atomic E-state index is 0.163. The van der Waals surface area contributed by atoms with Crippen LogP contribution in [0.1, 0.15) is 13.8 Å². The Labute approximate surface area is 61.9 Å². The summed E-state index contributed by atoms with van der Waals surface area (Å²) in [5, 5.41) is 7.98. The SMILES string of the molecule is CC=CC=O.CC=CCO. The standard InChI is InChI=1S/C4H8O.C4H6O/c2*1-2-3-4-5/h2-3,5H,4H2,1H3;2-4H,1H3. The predicted octanol–water partition coefficient (Wildman–Crippen LogP) is 1.32. The Kier molecular flexibility index (Phi) is 18.6. The number of rotatable bonds is 2. The molecule has 58 valence electrons. The van der Waals surface area contributed by atoms with Gasteiger partial charge in [-0.05, 0) is 19.9 Å².